The summed E-state index contributed by atoms with van der Waals surface area (Å²) in [6, 6.07) is 11.0. The van der Waals surface area contributed by atoms with E-state index in [1.54, 1.807) is 12.3 Å². The first kappa shape index (κ1) is 15.9. The topological polar surface area (TPSA) is 55.1 Å². The van der Waals surface area contributed by atoms with Gasteiger partial charge in [0.15, 0.2) is 0 Å². The molecule has 23 heavy (non-hydrogen) atoms. The second kappa shape index (κ2) is 7.08. The minimum absolute atomic E-state index is 0.485. The first-order chi connectivity index (χ1) is 11.1. The number of aromatic nitrogens is 3. The Balaban J connectivity index is 1.66. The van der Waals surface area contributed by atoms with Crippen molar-refractivity contribution in [2.45, 2.75) is 13.1 Å². The van der Waals surface area contributed by atoms with E-state index in [2.05, 4.69) is 15.1 Å². The Kier molecular flexibility index (Phi) is 4.91. The second-order valence-corrected chi connectivity index (χ2v) is 5.98. The lowest BCUT2D eigenvalue weighted by atomic mass is 10.2. The average molecular weight is 349 g/mol. The Morgan fingerprint density at radius 3 is 2.74 bits per heavy atom. The highest BCUT2D eigenvalue weighted by Gasteiger charge is 2.12. The van der Waals surface area contributed by atoms with Crippen LogP contribution in [-0.2, 0) is 13.1 Å². The summed E-state index contributed by atoms with van der Waals surface area (Å²) in [7, 11) is 1.95. The van der Waals surface area contributed by atoms with Gasteiger partial charge in [0.25, 0.3) is 0 Å². The number of benzene rings is 1. The zero-order chi connectivity index (χ0) is 16.2. The molecule has 3 aromatic rings. The Morgan fingerprint density at radius 1 is 1.13 bits per heavy atom. The van der Waals surface area contributed by atoms with Crippen molar-refractivity contribution in [3.63, 3.8) is 0 Å². The first-order valence-corrected chi connectivity index (χ1v) is 7.74. The molecule has 0 N–H and O–H groups in total. The molecule has 3 rings (SSSR count). The van der Waals surface area contributed by atoms with Crippen molar-refractivity contribution >= 4 is 23.2 Å². The molecular formula is C16H14Cl2N4O. The summed E-state index contributed by atoms with van der Waals surface area (Å²) in [5.74, 6) is 1.01. The van der Waals surface area contributed by atoms with Crippen LogP contribution in [0.3, 0.4) is 0 Å². The van der Waals surface area contributed by atoms with Crippen LogP contribution in [0.15, 0.2) is 47.1 Å². The van der Waals surface area contributed by atoms with Gasteiger partial charge in [0.05, 0.1) is 6.54 Å². The SMILES string of the molecule is CN(Cc1nc(-c2ccccn2)no1)Cc1ccc(Cl)cc1Cl. The van der Waals surface area contributed by atoms with Crippen LogP contribution in [0.4, 0.5) is 0 Å². The van der Waals surface area contributed by atoms with E-state index in [0.29, 0.717) is 40.5 Å². The highest BCUT2D eigenvalue weighted by atomic mass is 35.5. The van der Waals surface area contributed by atoms with Crippen molar-refractivity contribution < 1.29 is 4.52 Å². The molecule has 2 aromatic heterocycles. The summed E-state index contributed by atoms with van der Waals surface area (Å²) in [4.78, 5) is 10.6. The number of halogens is 2. The molecule has 0 unspecified atom stereocenters. The summed E-state index contributed by atoms with van der Waals surface area (Å²) in [5, 5.41) is 5.22. The summed E-state index contributed by atoms with van der Waals surface area (Å²) in [5.41, 5.74) is 1.67. The predicted molar refractivity (Wildman–Crippen MR) is 89.2 cm³/mol. The van der Waals surface area contributed by atoms with Gasteiger partial charge in [0.2, 0.25) is 11.7 Å². The van der Waals surface area contributed by atoms with Gasteiger partial charge >= 0.3 is 0 Å². The fraction of sp³-hybridized carbons (Fsp3) is 0.188. The van der Waals surface area contributed by atoms with E-state index in [1.807, 2.05) is 42.3 Å². The van der Waals surface area contributed by atoms with Crippen molar-refractivity contribution in [1.82, 2.24) is 20.0 Å². The predicted octanol–water partition coefficient (Wildman–Crippen LogP) is 4.07. The van der Waals surface area contributed by atoms with Gasteiger partial charge in [-0.1, -0.05) is 40.5 Å². The van der Waals surface area contributed by atoms with Crippen LogP contribution in [0.2, 0.25) is 10.0 Å². The molecule has 0 spiro atoms. The Bertz CT molecular complexity index is 792. The van der Waals surface area contributed by atoms with Crippen LogP contribution in [0.1, 0.15) is 11.5 Å². The normalized spacial score (nSPS) is 11.1. The maximum Gasteiger partial charge on any atom is 0.241 e. The highest BCUT2D eigenvalue weighted by molar-refractivity contribution is 6.35. The largest absolute Gasteiger partial charge is 0.337 e. The van der Waals surface area contributed by atoms with Crippen LogP contribution >= 0.6 is 23.2 Å². The van der Waals surface area contributed by atoms with Crippen LogP contribution in [0, 0.1) is 0 Å². The van der Waals surface area contributed by atoms with Crippen LogP contribution in [0.5, 0.6) is 0 Å². The van der Waals surface area contributed by atoms with Crippen LogP contribution < -0.4 is 0 Å². The third-order valence-electron chi connectivity index (χ3n) is 3.22. The molecule has 0 aliphatic heterocycles. The van der Waals surface area contributed by atoms with E-state index in [4.69, 9.17) is 27.7 Å². The molecule has 0 radical (unpaired) electrons. The molecule has 0 fully saturated rings. The number of pyridine rings is 1. The minimum atomic E-state index is 0.485. The van der Waals surface area contributed by atoms with Crippen LogP contribution in [-0.4, -0.2) is 27.1 Å². The lowest BCUT2D eigenvalue weighted by Crippen LogP contribution is -2.17. The third kappa shape index (κ3) is 4.07. The van der Waals surface area contributed by atoms with E-state index >= 15 is 0 Å². The molecule has 2 heterocycles. The second-order valence-electron chi connectivity index (χ2n) is 5.13. The monoisotopic (exact) mass is 348 g/mol. The third-order valence-corrected chi connectivity index (χ3v) is 3.81. The average Bonchev–Trinajstić information content (AvgIpc) is 2.99. The number of hydrogen-bond acceptors (Lipinski definition) is 5. The molecule has 0 saturated heterocycles. The number of rotatable bonds is 5. The van der Waals surface area contributed by atoms with Gasteiger partial charge in [0.1, 0.15) is 5.69 Å². The molecule has 0 saturated carbocycles. The quantitative estimate of drug-likeness (QED) is 0.695. The van der Waals surface area contributed by atoms with Gasteiger partial charge in [-0.3, -0.25) is 9.88 Å². The minimum Gasteiger partial charge on any atom is -0.337 e. The Morgan fingerprint density at radius 2 is 2.00 bits per heavy atom. The number of hydrogen-bond donors (Lipinski definition) is 0. The van der Waals surface area contributed by atoms with Crippen molar-refractivity contribution in [3.05, 3.63) is 64.1 Å². The van der Waals surface area contributed by atoms with E-state index < -0.39 is 0 Å². The zero-order valence-electron chi connectivity index (χ0n) is 12.4. The zero-order valence-corrected chi connectivity index (χ0v) is 13.9. The van der Waals surface area contributed by atoms with Gasteiger partial charge in [0, 0.05) is 22.8 Å². The van der Waals surface area contributed by atoms with Gasteiger partial charge < -0.3 is 4.52 Å². The molecule has 0 atom stereocenters. The highest BCUT2D eigenvalue weighted by Crippen LogP contribution is 2.22. The lowest BCUT2D eigenvalue weighted by Gasteiger charge is -2.15. The van der Waals surface area contributed by atoms with Crippen molar-refractivity contribution in [3.8, 4) is 11.5 Å². The van der Waals surface area contributed by atoms with Crippen LogP contribution in [0.25, 0.3) is 11.5 Å². The fourth-order valence-electron chi connectivity index (χ4n) is 2.15. The van der Waals surface area contributed by atoms with Crippen molar-refractivity contribution in [2.24, 2.45) is 0 Å². The summed E-state index contributed by atoms with van der Waals surface area (Å²) >= 11 is 12.1. The molecule has 7 heteroatoms. The maximum atomic E-state index is 6.19. The van der Waals surface area contributed by atoms with Gasteiger partial charge in [-0.15, -0.1) is 0 Å². The molecule has 0 aliphatic rings. The fourth-order valence-corrected chi connectivity index (χ4v) is 2.61. The van der Waals surface area contributed by atoms with Crippen molar-refractivity contribution in [1.29, 1.82) is 0 Å². The lowest BCUT2D eigenvalue weighted by molar-refractivity contribution is 0.261. The van der Waals surface area contributed by atoms with E-state index in [-0.39, 0.29) is 0 Å². The van der Waals surface area contributed by atoms with Gasteiger partial charge in [-0.2, -0.15) is 4.98 Å². The molecule has 5 nitrogen and oxygen atoms in total. The molecule has 0 bridgehead atoms. The Labute approximate surface area is 143 Å². The standard InChI is InChI=1S/C16H14Cl2N4O/c1-22(9-11-5-6-12(17)8-13(11)18)10-15-20-16(21-23-15)14-4-2-3-7-19-14/h2-8H,9-10H2,1H3. The summed E-state index contributed by atoms with van der Waals surface area (Å²) in [6.07, 6.45) is 1.69. The molecule has 0 amide bonds. The first-order valence-electron chi connectivity index (χ1n) is 6.98. The smallest absolute Gasteiger partial charge is 0.241 e. The molecule has 0 aliphatic carbocycles. The summed E-state index contributed by atoms with van der Waals surface area (Å²) in [6.45, 7) is 1.16. The molecule has 1 aromatic carbocycles. The van der Waals surface area contributed by atoms with E-state index in [9.17, 15) is 0 Å². The summed E-state index contributed by atoms with van der Waals surface area (Å²) < 4.78 is 5.28. The molecular weight excluding hydrogens is 335 g/mol. The van der Waals surface area contributed by atoms with E-state index in [1.165, 1.54) is 0 Å². The van der Waals surface area contributed by atoms with Gasteiger partial charge in [-0.25, -0.2) is 0 Å². The maximum absolute atomic E-state index is 6.19. The van der Waals surface area contributed by atoms with Gasteiger partial charge in [-0.05, 0) is 36.9 Å². The number of nitrogens with zero attached hydrogens (tertiary/aromatic N) is 4. The van der Waals surface area contributed by atoms with E-state index in [0.717, 1.165) is 5.56 Å². The van der Waals surface area contributed by atoms with Crippen molar-refractivity contribution in [2.75, 3.05) is 7.05 Å². The Hall–Kier alpha value is -1.95. The molecule has 118 valence electrons.